The van der Waals surface area contributed by atoms with Crippen molar-refractivity contribution in [3.05, 3.63) is 76.6 Å². The van der Waals surface area contributed by atoms with Crippen molar-refractivity contribution in [1.82, 2.24) is 9.97 Å². The molecule has 1 amide bonds. The number of carbonyl (C=O) groups is 1. The van der Waals surface area contributed by atoms with E-state index < -0.39 is 5.82 Å². The summed E-state index contributed by atoms with van der Waals surface area (Å²) in [4.78, 5) is 21.0. The van der Waals surface area contributed by atoms with Gasteiger partial charge >= 0.3 is 0 Å². The van der Waals surface area contributed by atoms with Crippen LogP contribution in [-0.2, 0) is 0 Å². The zero-order valence-electron chi connectivity index (χ0n) is 13.2. The molecule has 0 radical (unpaired) electrons. The first-order valence-electron chi connectivity index (χ1n) is 7.70. The number of nitrogens with one attached hydrogen (secondary N) is 1. The molecule has 2 aromatic carbocycles. The van der Waals surface area contributed by atoms with Gasteiger partial charge < -0.3 is 0 Å². The van der Waals surface area contributed by atoms with E-state index in [0.717, 1.165) is 5.56 Å². The molecule has 0 saturated heterocycles. The van der Waals surface area contributed by atoms with Crippen LogP contribution in [0.1, 0.15) is 10.4 Å². The molecule has 0 aliphatic heterocycles. The minimum atomic E-state index is -0.462. The van der Waals surface area contributed by atoms with Crippen molar-refractivity contribution < 1.29 is 9.18 Å². The first-order valence-corrected chi connectivity index (χ1v) is 9.31. The van der Waals surface area contributed by atoms with Crippen molar-refractivity contribution in [1.29, 1.82) is 0 Å². The molecule has 0 fully saturated rings. The van der Waals surface area contributed by atoms with Crippen LogP contribution in [0, 0.1) is 5.82 Å². The van der Waals surface area contributed by atoms with Gasteiger partial charge in [-0.1, -0.05) is 35.6 Å². The molecule has 4 aromatic rings. The van der Waals surface area contributed by atoms with Crippen LogP contribution in [0.25, 0.3) is 21.5 Å². The monoisotopic (exact) mass is 427 g/mol. The van der Waals surface area contributed by atoms with Gasteiger partial charge in [-0.05, 0) is 46.3 Å². The third-order valence-electron chi connectivity index (χ3n) is 3.76. The molecule has 0 unspecified atom stereocenters. The third-order valence-corrected chi connectivity index (χ3v) is 5.34. The van der Waals surface area contributed by atoms with Gasteiger partial charge in [0.05, 0.1) is 14.9 Å². The summed E-state index contributed by atoms with van der Waals surface area (Å²) in [6, 6.07) is 16.0. The Hall–Kier alpha value is -2.64. The molecule has 1 N–H and O–H groups in total. The Bertz CT molecular complexity index is 1100. The quantitative estimate of drug-likeness (QED) is 0.468. The highest BCUT2D eigenvalue weighted by atomic mass is 79.9. The second-order valence-electron chi connectivity index (χ2n) is 5.45. The molecule has 4 rings (SSSR count). The van der Waals surface area contributed by atoms with Crippen molar-refractivity contribution in [3.63, 3.8) is 0 Å². The second-order valence-corrected chi connectivity index (χ2v) is 7.31. The van der Waals surface area contributed by atoms with Crippen molar-refractivity contribution in [2.75, 3.05) is 5.32 Å². The minimum absolute atomic E-state index is 0.202. The number of benzene rings is 2. The average Bonchev–Trinajstić information content (AvgIpc) is 3.10. The lowest BCUT2D eigenvalue weighted by Gasteiger charge is -2.04. The summed E-state index contributed by atoms with van der Waals surface area (Å²) >= 11 is 4.46. The van der Waals surface area contributed by atoms with E-state index in [2.05, 4.69) is 31.2 Å². The zero-order chi connectivity index (χ0) is 18.1. The van der Waals surface area contributed by atoms with E-state index in [4.69, 9.17) is 0 Å². The van der Waals surface area contributed by atoms with Crippen LogP contribution in [0.15, 0.2) is 65.3 Å². The van der Waals surface area contributed by atoms with Crippen LogP contribution in [0.2, 0.25) is 0 Å². The number of halogens is 2. The highest BCUT2D eigenvalue weighted by molar-refractivity contribution is 9.10. The van der Waals surface area contributed by atoms with E-state index in [9.17, 15) is 9.18 Å². The van der Waals surface area contributed by atoms with E-state index in [-0.39, 0.29) is 11.4 Å². The van der Waals surface area contributed by atoms with Gasteiger partial charge in [0.25, 0.3) is 5.91 Å². The third kappa shape index (κ3) is 3.11. The number of nitrogens with zero attached hydrogens (tertiary/aromatic N) is 2. The Morgan fingerprint density at radius 2 is 1.88 bits per heavy atom. The number of carbonyl (C=O) groups excluding carboxylic acids is 1. The predicted octanol–water partition coefficient (Wildman–Crippen LogP) is 5.51. The summed E-state index contributed by atoms with van der Waals surface area (Å²) < 4.78 is 15.5. The van der Waals surface area contributed by atoms with E-state index in [0.29, 0.717) is 25.6 Å². The van der Waals surface area contributed by atoms with Gasteiger partial charge in [-0.2, -0.15) is 0 Å². The van der Waals surface area contributed by atoms with Crippen LogP contribution in [0.3, 0.4) is 0 Å². The summed E-state index contributed by atoms with van der Waals surface area (Å²) in [6.07, 6.45) is 1.68. The van der Waals surface area contributed by atoms with Crippen LogP contribution in [-0.4, -0.2) is 15.9 Å². The van der Waals surface area contributed by atoms with Crippen LogP contribution < -0.4 is 5.32 Å². The van der Waals surface area contributed by atoms with Crippen LogP contribution in [0.4, 0.5) is 9.52 Å². The lowest BCUT2D eigenvalue weighted by molar-refractivity contribution is 0.102. The predicted molar refractivity (Wildman–Crippen MR) is 105 cm³/mol. The van der Waals surface area contributed by atoms with Gasteiger partial charge in [0.2, 0.25) is 0 Å². The Labute approximate surface area is 160 Å². The number of hydrogen-bond acceptors (Lipinski definition) is 4. The maximum Gasteiger partial charge on any atom is 0.257 e. The molecule has 0 spiro atoms. The molecular weight excluding hydrogens is 417 g/mol. The topological polar surface area (TPSA) is 54.9 Å². The zero-order valence-corrected chi connectivity index (χ0v) is 15.6. The lowest BCUT2D eigenvalue weighted by atomic mass is 10.1. The molecular formula is C19H11BrFN3OS. The number of rotatable bonds is 3. The van der Waals surface area contributed by atoms with Crippen LogP contribution >= 0.6 is 27.3 Å². The molecule has 2 heterocycles. The fraction of sp³-hybridized carbons (Fsp3) is 0. The van der Waals surface area contributed by atoms with E-state index in [1.807, 2.05) is 24.3 Å². The molecule has 0 aliphatic rings. The standard InChI is InChI=1S/C19H11BrFN3OS/c20-13-10-12(14-8-4-5-9-22-14)17-16(15(13)21)23-19(26-17)24-18(25)11-6-2-1-3-7-11/h1-10H,(H,23,24,25). The Balaban J connectivity index is 1.79. The molecule has 0 atom stereocenters. The Kier molecular flexibility index (Phi) is 4.48. The highest BCUT2D eigenvalue weighted by Crippen LogP contribution is 2.38. The largest absolute Gasteiger partial charge is 0.298 e. The number of hydrogen-bond donors (Lipinski definition) is 1. The van der Waals surface area contributed by atoms with E-state index >= 15 is 0 Å². The van der Waals surface area contributed by atoms with Gasteiger partial charge in [0, 0.05) is 17.3 Å². The molecule has 0 saturated carbocycles. The number of thiazole rings is 1. The summed E-state index contributed by atoms with van der Waals surface area (Å²) in [6.45, 7) is 0. The van der Waals surface area contributed by atoms with Crippen molar-refractivity contribution in [2.24, 2.45) is 0 Å². The number of pyridine rings is 1. The highest BCUT2D eigenvalue weighted by Gasteiger charge is 2.18. The van der Waals surface area contributed by atoms with Crippen molar-refractivity contribution in [2.45, 2.75) is 0 Å². The number of amides is 1. The molecule has 2 aromatic heterocycles. The fourth-order valence-corrected chi connectivity index (χ4v) is 3.94. The number of anilines is 1. The fourth-order valence-electron chi connectivity index (χ4n) is 2.54. The molecule has 0 aliphatic carbocycles. The van der Waals surface area contributed by atoms with Crippen molar-refractivity contribution in [3.8, 4) is 11.3 Å². The molecule has 26 heavy (non-hydrogen) atoms. The smallest absolute Gasteiger partial charge is 0.257 e. The summed E-state index contributed by atoms with van der Waals surface area (Å²) in [5, 5.41) is 3.08. The summed E-state index contributed by atoms with van der Waals surface area (Å²) in [5.74, 6) is -0.750. The first kappa shape index (κ1) is 16.8. The van der Waals surface area contributed by atoms with Gasteiger partial charge in [-0.3, -0.25) is 15.1 Å². The van der Waals surface area contributed by atoms with Gasteiger partial charge in [0.1, 0.15) is 5.52 Å². The Morgan fingerprint density at radius 1 is 1.12 bits per heavy atom. The van der Waals surface area contributed by atoms with E-state index in [1.54, 1.807) is 36.5 Å². The number of fused-ring (bicyclic) bond motifs is 1. The van der Waals surface area contributed by atoms with E-state index in [1.165, 1.54) is 11.3 Å². The van der Waals surface area contributed by atoms with Crippen LogP contribution in [0.5, 0.6) is 0 Å². The minimum Gasteiger partial charge on any atom is -0.298 e. The molecule has 7 heteroatoms. The summed E-state index contributed by atoms with van der Waals surface area (Å²) in [7, 11) is 0. The SMILES string of the molecule is O=C(Nc1nc2c(F)c(Br)cc(-c3ccccn3)c2s1)c1ccccc1. The van der Waals surface area contributed by atoms with Gasteiger partial charge in [-0.25, -0.2) is 9.37 Å². The lowest BCUT2D eigenvalue weighted by Crippen LogP contribution is -2.11. The van der Waals surface area contributed by atoms with Gasteiger partial charge in [0.15, 0.2) is 10.9 Å². The van der Waals surface area contributed by atoms with Crippen molar-refractivity contribution >= 4 is 48.5 Å². The number of aromatic nitrogens is 2. The molecule has 0 bridgehead atoms. The second kappa shape index (κ2) is 6.93. The maximum absolute atomic E-state index is 14.5. The normalized spacial score (nSPS) is 10.8. The Morgan fingerprint density at radius 3 is 2.62 bits per heavy atom. The summed E-state index contributed by atoms with van der Waals surface area (Å²) in [5.41, 5.74) is 2.18. The first-order chi connectivity index (χ1) is 12.6. The molecule has 4 nitrogen and oxygen atoms in total. The average molecular weight is 428 g/mol. The maximum atomic E-state index is 14.5. The molecule has 128 valence electrons. The van der Waals surface area contributed by atoms with Gasteiger partial charge in [-0.15, -0.1) is 0 Å².